The number of benzene rings is 1. The van der Waals surface area contributed by atoms with Gasteiger partial charge in [-0.2, -0.15) is 0 Å². The summed E-state index contributed by atoms with van der Waals surface area (Å²) in [4.78, 5) is 32.9. The van der Waals surface area contributed by atoms with Gasteiger partial charge in [0.15, 0.2) is 11.4 Å². The van der Waals surface area contributed by atoms with Gasteiger partial charge in [0.2, 0.25) is 5.89 Å². The Balaban J connectivity index is 1.80. The average Bonchev–Trinajstić information content (AvgIpc) is 3.25. The van der Waals surface area contributed by atoms with Gasteiger partial charge in [0.1, 0.15) is 17.2 Å². The molecular formula is C21H16FN5O5. The first-order valence-corrected chi connectivity index (χ1v) is 9.48. The van der Waals surface area contributed by atoms with Crippen LogP contribution in [0.25, 0.3) is 22.5 Å². The smallest absolute Gasteiger partial charge is 0.395 e. The van der Waals surface area contributed by atoms with E-state index in [2.05, 4.69) is 20.2 Å². The molecule has 0 atom stereocenters. The molecule has 1 aromatic carbocycles. The van der Waals surface area contributed by atoms with Crippen molar-refractivity contribution in [3.05, 3.63) is 59.9 Å². The molecule has 4 rings (SSSR count). The summed E-state index contributed by atoms with van der Waals surface area (Å²) < 4.78 is 18.7. The molecule has 32 heavy (non-hydrogen) atoms. The second kappa shape index (κ2) is 8.38. The number of amides is 1. The maximum absolute atomic E-state index is 13.1. The minimum absolute atomic E-state index is 0.00595. The van der Waals surface area contributed by atoms with E-state index >= 15 is 0 Å². The summed E-state index contributed by atoms with van der Waals surface area (Å²) in [6, 6.07) is 8.88. The van der Waals surface area contributed by atoms with E-state index in [-0.39, 0.29) is 58.7 Å². The van der Waals surface area contributed by atoms with Gasteiger partial charge < -0.3 is 14.6 Å². The lowest BCUT2D eigenvalue weighted by Gasteiger charge is -2.20. The maximum atomic E-state index is 13.1. The molecule has 162 valence electrons. The molecule has 0 radical (unpaired) electrons. The van der Waals surface area contributed by atoms with Crippen LogP contribution in [0, 0.1) is 5.82 Å². The number of fused-ring (bicyclic) bond motifs is 1. The van der Waals surface area contributed by atoms with Gasteiger partial charge in [0.25, 0.3) is 5.89 Å². The Morgan fingerprint density at radius 2 is 1.91 bits per heavy atom. The maximum Gasteiger partial charge on any atom is 0.395 e. The molecule has 11 heteroatoms. The van der Waals surface area contributed by atoms with Gasteiger partial charge in [-0.1, -0.05) is 12.1 Å². The molecule has 3 heterocycles. The van der Waals surface area contributed by atoms with Crippen LogP contribution in [0.3, 0.4) is 0 Å². The van der Waals surface area contributed by atoms with Crippen LogP contribution in [0.15, 0.2) is 47.0 Å². The highest BCUT2D eigenvalue weighted by atomic mass is 19.1. The summed E-state index contributed by atoms with van der Waals surface area (Å²) in [6.45, 7) is 1.59. The first-order chi connectivity index (χ1) is 15.4. The second-order valence-electron chi connectivity index (χ2n) is 6.69. The number of hydrogen-bond donors (Lipinski definition) is 2. The number of carbonyl (C=O) groups excluding carboxylic acids is 1. The molecule has 0 bridgehead atoms. The highest BCUT2D eigenvalue weighted by Gasteiger charge is 2.28. The topological polar surface area (TPSA) is 143 Å². The van der Waals surface area contributed by atoms with E-state index in [1.165, 1.54) is 18.3 Å². The van der Waals surface area contributed by atoms with Crippen molar-refractivity contribution in [2.75, 3.05) is 11.4 Å². The summed E-state index contributed by atoms with van der Waals surface area (Å²) in [7, 11) is 0. The Morgan fingerprint density at radius 1 is 1.16 bits per heavy atom. The largest absolute Gasteiger partial charge is 0.504 e. The van der Waals surface area contributed by atoms with E-state index in [9.17, 15) is 24.2 Å². The van der Waals surface area contributed by atoms with Crippen LogP contribution in [-0.2, 0) is 16.0 Å². The summed E-state index contributed by atoms with van der Waals surface area (Å²) >= 11 is 0. The zero-order valence-corrected chi connectivity index (χ0v) is 16.7. The van der Waals surface area contributed by atoms with Gasteiger partial charge in [-0.05, 0) is 36.8 Å². The first-order valence-electron chi connectivity index (χ1n) is 9.48. The number of aliphatic carboxylic acids is 1. The van der Waals surface area contributed by atoms with Gasteiger partial charge in [-0.25, -0.2) is 14.2 Å². The van der Waals surface area contributed by atoms with Crippen molar-refractivity contribution in [3.8, 4) is 17.3 Å². The van der Waals surface area contributed by atoms with Gasteiger partial charge >= 0.3 is 11.9 Å². The highest BCUT2D eigenvalue weighted by Crippen LogP contribution is 2.37. The number of carbonyl (C=O) groups is 2. The van der Waals surface area contributed by atoms with Crippen molar-refractivity contribution in [3.63, 3.8) is 0 Å². The summed E-state index contributed by atoms with van der Waals surface area (Å²) in [6.07, 6.45) is 1.64. The summed E-state index contributed by atoms with van der Waals surface area (Å²) in [5.74, 6) is -3.56. The number of carboxylic acids is 1. The molecule has 0 unspecified atom stereocenters. The molecule has 1 amide bonds. The normalized spacial score (nSPS) is 10.9. The Kier molecular flexibility index (Phi) is 5.46. The molecule has 0 saturated heterocycles. The predicted octanol–water partition coefficient (Wildman–Crippen LogP) is 2.55. The van der Waals surface area contributed by atoms with Gasteiger partial charge in [-0.3, -0.25) is 14.7 Å². The fraction of sp³-hybridized carbons (Fsp3) is 0.143. The van der Waals surface area contributed by atoms with E-state index in [4.69, 9.17) is 4.42 Å². The van der Waals surface area contributed by atoms with Crippen LogP contribution < -0.4 is 4.90 Å². The number of halogens is 1. The van der Waals surface area contributed by atoms with Gasteiger partial charge in [-0.15, -0.1) is 10.2 Å². The van der Waals surface area contributed by atoms with Gasteiger partial charge in [0, 0.05) is 18.1 Å². The molecule has 2 N–H and O–H groups in total. The molecule has 0 aliphatic carbocycles. The fourth-order valence-electron chi connectivity index (χ4n) is 3.16. The number of rotatable bonds is 5. The van der Waals surface area contributed by atoms with Crippen LogP contribution in [0.2, 0.25) is 0 Å². The molecule has 10 nitrogen and oxygen atoms in total. The standard InChI is InChI=1S/C21H16FN5O5/c1-2-27(20(29)21(30)31)18-13-4-3-9-23-15(13)17(28)16(24-18)19-26-25-14(32-19)10-11-5-7-12(22)8-6-11/h3-9,28H,2,10H2,1H3,(H,30,31). The van der Waals surface area contributed by atoms with E-state index in [0.29, 0.717) is 0 Å². The lowest BCUT2D eigenvalue weighted by Crippen LogP contribution is -2.37. The molecule has 0 fully saturated rings. The minimum atomic E-state index is -1.65. The van der Waals surface area contributed by atoms with Crippen molar-refractivity contribution in [2.45, 2.75) is 13.3 Å². The number of nitrogens with zero attached hydrogens (tertiary/aromatic N) is 5. The highest BCUT2D eigenvalue weighted by molar-refractivity contribution is 6.37. The van der Waals surface area contributed by atoms with E-state index in [1.54, 1.807) is 31.2 Å². The van der Waals surface area contributed by atoms with Crippen LogP contribution in [0.4, 0.5) is 10.2 Å². The minimum Gasteiger partial charge on any atom is -0.504 e. The third kappa shape index (κ3) is 3.83. The van der Waals surface area contributed by atoms with E-state index < -0.39 is 11.9 Å². The molecule has 0 aliphatic heterocycles. The zero-order chi connectivity index (χ0) is 22.8. The molecule has 0 saturated carbocycles. The Hall–Kier alpha value is -4.41. The molecular weight excluding hydrogens is 421 g/mol. The van der Waals surface area contributed by atoms with Crippen LogP contribution in [0.5, 0.6) is 5.75 Å². The van der Waals surface area contributed by atoms with Crippen LogP contribution >= 0.6 is 0 Å². The van der Waals surface area contributed by atoms with Crippen molar-refractivity contribution in [1.29, 1.82) is 0 Å². The van der Waals surface area contributed by atoms with Crippen molar-refractivity contribution < 1.29 is 28.6 Å². The molecule has 3 aromatic heterocycles. The Bertz CT molecular complexity index is 1320. The van der Waals surface area contributed by atoms with E-state index in [1.807, 2.05) is 0 Å². The number of aromatic nitrogens is 4. The number of pyridine rings is 2. The molecule has 0 aliphatic rings. The molecule has 4 aromatic rings. The predicted molar refractivity (Wildman–Crippen MR) is 109 cm³/mol. The average molecular weight is 437 g/mol. The summed E-state index contributed by atoms with van der Waals surface area (Å²) in [5.41, 5.74) is 0.659. The fourth-order valence-corrected chi connectivity index (χ4v) is 3.16. The third-order valence-electron chi connectivity index (χ3n) is 4.65. The quantitative estimate of drug-likeness (QED) is 0.450. The van der Waals surface area contributed by atoms with Crippen LogP contribution in [0.1, 0.15) is 18.4 Å². The summed E-state index contributed by atoms with van der Waals surface area (Å²) in [5, 5.41) is 28.0. The lowest BCUT2D eigenvalue weighted by atomic mass is 10.1. The van der Waals surface area contributed by atoms with Crippen molar-refractivity contribution in [2.24, 2.45) is 0 Å². The van der Waals surface area contributed by atoms with Crippen molar-refractivity contribution in [1.82, 2.24) is 20.2 Å². The lowest BCUT2D eigenvalue weighted by molar-refractivity contribution is -0.148. The first kappa shape index (κ1) is 20.8. The third-order valence-corrected chi connectivity index (χ3v) is 4.65. The number of carboxylic acid groups (broad SMARTS) is 1. The van der Waals surface area contributed by atoms with Crippen LogP contribution in [-0.4, -0.2) is 48.8 Å². The number of hydrogen-bond acceptors (Lipinski definition) is 8. The number of likely N-dealkylation sites (N-methyl/N-ethyl adjacent to an activating group) is 1. The number of anilines is 1. The molecule has 0 spiro atoms. The van der Waals surface area contributed by atoms with E-state index in [0.717, 1.165) is 10.5 Å². The monoisotopic (exact) mass is 437 g/mol. The van der Waals surface area contributed by atoms with Crippen molar-refractivity contribution >= 4 is 28.6 Å². The van der Waals surface area contributed by atoms with Gasteiger partial charge in [0.05, 0.1) is 6.42 Å². The SMILES string of the molecule is CCN(C(=O)C(=O)O)c1nc(-c2nnc(Cc3ccc(F)cc3)o2)c(O)c2ncccc12. The zero-order valence-electron chi connectivity index (χ0n) is 16.7. The Morgan fingerprint density at radius 3 is 2.59 bits per heavy atom. The Labute approximate surface area is 180 Å². The number of aromatic hydroxyl groups is 1. The second-order valence-corrected chi connectivity index (χ2v) is 6.69.